The number of nitrogens with one attached hydrogen (secondary N) is 2. The molecule has 1 aromatic carbocycles. The second-order valence-electron chi connectivity index (χ2n) is 4.96. The van der Waals surface area contributed by atoms with Crippen LogP contribution in [0.25, 0.3) is 11.3 Å². The number of halogens is 2. The Morgan fingerprint density at radius 3 is 2.64 bits per heavy atom. The summed E-state index contributed by atoms with van der Waals surface area (Å²) in [7, 11) is 0. The van der Waals surface area contributed by atoms with Gasteiger partial charge in [-0.05, 0) is 31.5 Å². The molecular weight excluding hydrogens is 325 g/mol. The molecule has 0 spiro atoms. The highest BCUT2D eigenvalue weighted by molar-refractivity contribution is 5.94. The summed E-state index contributed by atoms with van der Waals surface area (Å²) in [6.07, 6.45) is 5.19. The Labute approximate surface area is 141 Å². The number of rotatable bonds is 3. The minimum Gasteiger partial charge on any atom is -0.444 e. The zero-order valence-electron chi connectivity index (χ0n) is 12.0. The molecule has 1 atom stereocenters. The van der Waals surface area contributed by atoms with Crippen molar-refractivity contribution in [3.05, 3.63) is 42.4 Å². The maximum atomic E-state index is 12.1. The summed E-state index contributed by atoms with van der Waals surface area (Å²) >= 11 is 0. The molecule has 2 heterocycles. The molecule has 1 saturated heterocycles. The average molecular weight is 344 g/mol. The van der Waals surface area contributed by atoms with Gasteiger partial charge in [0.2, 0.25) is 0 Å². The lowest BCUT2D eigenvalue weighted by Gasteiger charge is -2.23. The summed E-state index contributed by atoms with van der Waals surface area (Å²) in [5, 5.41) is 6.34. The number of hydrogen-bond donors (Lipinski definition) is 2. The van der Waals surface area contributed by atoms with Crippen LogP contribution >= 0.6 is 24.8 Å². The van der Waals surface area contributed by atoms with Gasteiger partial charge in [0, 0.05) is 23.7 Å². The van der Waals surface area contributed by atoms with Gasteiger partial charge in [-0.25, -0.2) is 4.98 Å². The largest absolute Gasteiger partial charge is 0.444 e. The number of nitrogens with zero attached hydrogens (tertiary/aromatic N) is 1. The normalized spacial score (nSPS) is 17.0. The van der Waals surface area contributed by atoms with Gasteiger partial charge in [-0.1, -0.05) is 12.1 Å². The number of piperidine rings is 1. The van der Waals surface area contributed by atoms with E-state index in [9.17, 15) is 4.79 Å². The topological polar surface area (TPSA) is 67.2 Å². The molecule has 7 heteroatoms. The summed E-state index contributed by atoms with van der Waals surface area (Å²) in [6, 6.07) is 7.58. The summed E-state index contributed by atoms with van der Waals surface area (Å²) in [4.78, 5) is 16.0. The van der Waals surface area contributed by atoms with Crippen molar-refractivity contribution >= 4 is 30.7 Å². The molecule has 120 valence electrons. The summed E-state index contributed by atoms with van der Waals surface area (Å²) in [6.45, 7) is 1.89. The van der Waals surface area contributed by atoms with Crippen molar-refractivity contribution in [2.24, 2.45) is 0 Å². The molecule has 1 amide bonds. The highest BCUT2D eigenvalue weighted by atomic mass is 35.5. The minimum atomic E-state index is -0.0252. The van der Waals surface area contributed by atoms with Crippen LogP contribution in [0.1, 0.15) is 23.2 Å². The molecule has 2 N–H and O–H groups in total. The van der Waals surface area contributed by atoms with E-state index in [1.165, 1.54) is 6.39 Å². The third kappa shape index (κ3) is 4.47. The first-order valence-corrected chi connectivity index (χ1v) is 6.83. The van der Waals surface area contributed by atoms with Gasteiger partial charge in [0.15, 0.2) is 12.2 Å². The van der Waals surface area contributed by atoms with Gasteiger partial charge in [-0.15, -0.1) is 24.8 Å². The summed E-state index contributed by atoms with van der Waals surface area (Å²) < 4.78 is 5.22. The monoisotopic (exact) mass is 343 g/mol. The van der Waals surface area contributed by atoms with Crippen LogP contribution in [0.2, 0.25) is 0 Å². The third-order valence-electron chi connectivity index (χ3n) is 3.50. The molecule has 1 aliphatic heterocycles. The molecule has 5 nitrogen and oxygen atoms in total. The van der Waals surface area contributed by atoms with Crippen molar-refractivity contribution < 1.29 is 9.21 Å². The first kappa shape index (κ1) is 18.5. The van der Waals surface area contributed by atoms with Crippen LogP contribution in [0.3, 0.4) is 0 Å². The molecule has 0 radical (unpaired) electrons. The van der Waals surface area contributed by atoms with E-state index in [2.05, 4.69) is 15.6 Å². The van der Waals surface area contributed by atoms with Gasteiger partial charge in [0.05, 0.1) is 6.20 Å². The molecular formula is C15H19Cl2N3O2. The second kappa shape index (κ2) is 8.78. The molecule has 0 saturated carbocycles. The molecule has 0 bridgehead atoms. The van der Waals surface area contributed by atoms with E-state index in [4.69, 9.17) is 4.42 Å². The fourth-order valence-electron chi connectivity index (χ4n) is 2.39. The van der Waals surface area contributed by atoms with E-state index in [-0.39, 0.29) is 36.8 Å². The lowest BCUT2D eigenvalue weighted by molar-refractivity contribution is 0.0930. The Morgan fingerprint density at radius 2 is 2.05 bits per heavy atom. The van der Waals surface area contributed by atoms with Crippen molar-refractivity contribution in [1.29, 1.82) is 0 Å². The first-order valence-electron chi connectivity index (χ1n) is 6.83. The number of carbonyl (C=O) groups excluding carboxylic acids is 1. The van der Waals surface area contributed by atoms with Gasteiger partial charge in [0.1, 0.15) is 0 Å². The number of oxazole rings is 1. The maximum absolute atomic E-state index is 12.1. The van der Waals surface area contributed by atoms with E-state index < -0.39 is 0 Å². The molecule has 0 unspecified atom stereocenters. The SMILES string of the molecule is Cl.Cl.O=C(N[C@H]1CCCNC1)c1ccc(-c2cnco2)cc1. The van der Waals surface area contributed by atoms with E-state index in [1.54, 1.807) is 6.20 Å². The van der Waals surface area contributed by atoms with Crippen LogP contribution in [0, 0.1) is 0 Å². The Morgan fingerprint density at radius 1 is 1.27 bits per heavy atom. The fraction of sp³-hybridized carbons (Fsp3) is 0.333. The van der Waals surface area contributed by atoms with Crippen molar-refractivity contribution in [2.75, 3.05) is 13.1 Å². The van der Waals surface area contributed by atoms with Crippen molar-refractivity contribution in [3.63, 3.8) is 0 Å². The Bertz CT molecular complexity index is 567. The fourth-order valence-corrected chi connectivity index (χ4v) is 2.39. The highest BCUT2D eigenvalue weighted by Gasteiger charge is 2.16. The smallest absolute Gasteiger partial charge is 0.251 e. The Kier molecular flexibility index (Phi) is 7.38. The number of hydrogen-bond acceptors (Lipinski definition) is 4. The first-order chi connectivity index (χ1) is 9.83. The molecule has 1 aromatic heterocycles. The van der Waals surface area contributed by atoms with E-state index in [1.807, 2.05) is 24.3 Å². The molecule has 22 heavy (non-hydrogen) atoms. The number of aromatic nitrogens is 1. The zero-order valence-corrected chi connectivity index (χ0v) is 13.6. The van der Waals surface area contributed by atoms with E-state index >= 15 is 0 Å². The van der Waals surface area contributed by atoms with Crippen molar-refractivity contribution in [3.8, 4) is 11.3 Å². The van der Waals surface area contributed by atoms with Gasteiger partial charge < -0.3 is 15.1 Å². The van der Waals surface area contributed by atoms with Crippen LogP contribution in [0.5, 0.6) is 0 Å². The standard InChI is InChI=1S/C15H17N3O2.2ClH/c19-15(18-13-2-1-7-16-8-13)12-5-3-11(4-6-12)14-9-17-10-20-14;;/h3-6,9-10,13,16H,1-2,7-8H2,(H,18,19);2*1H/t13-;;/m0../s1. The van der Waals surface area contributed by atoms with Gasteiger partial charge >= 0.3 is 0 Å². The van der Waals surface area contributed by atoms with Crippen LogP contribution in [-0.4, -0.2) is 30.0 Å². The van der Waals surface area contributed by atoms with Crippen LogP contribution < -0.4 is 10.6 Å². The Balaban J connectivity index is 0.00000121. The quantitative estimate of drug-likeness (QED) is 0.898. The highest BCUT2D eigenvalue weighted by Crippen LogP contribution is 2.18. The predicted molar refractivity (Wildman–Crippen MR) is 89.8 cm³/mol. The number of amides is 1. The van der Waals surface area contributed by atoms with Gasteiger partial charge in [-0.2, -0.15) is 0 Å². The summed E-state index contributed by atoms with van der Waals surface area (Å²) in [5.74, 6) is 0.677. The summed E-state index contributed by atoms with van der Waals surface area (Å²) in [5.41, 5.74) is 1.58. The molecule has 2 aromatic rings. The van der Waals surface area contributed by atoms with Crippen LogP contribution in [0.15, 0.2) is 41.3 Å². The number of benzene rings is 1. The van der Waals surface area contributed by atoms with Crippen molar-refractivity contribution in [2.45, 2.75) is 18.9 Å². The maximum Gasteiger partial charge on any atom is 0.251 e. The van der Waals surface area contributed by atoms with Gasteiger partial charge in [0.25, 0.3) is 5.91 Å². The average Bonchev–Trinajstić information content (AvgIpc) is 3.03. The van der Waals surface area contributed by atoms with Crippen LogP contribution in [-0.2, 0) is 0 Å². The van der Waals surface area contributed by atoms with Crippen molar-refractivity contribution in [1.82, 2.24) is 15.6 Å². The van der Waals surface area contributed by atoms with E-state index in [0.717, 1.165) is 31.5 Å². The number of carbonyl (C=O) groups is 1. The molecule has 3 rings (SSSR count). The zero-order chi connectivity index (χ0) is 13.8. The minimum absolute atomic E-state index is 0. The lowest BCUT2D eigenvalue weighted by Crippen LogP contribution is -2.45. The van der Waals surface area contributed by atoms with Crippen LogP contribution in [0.4, 0.5) is 0 Å². The lowest BCUT2D eigenvalue weighted by atomic mass is 10.1. The van der Waals surface area contributed by atoms with E-state index in [0.29, 0.717) is 11.3 Å². The van der Waals surface area contributed by atoms with Gasteiger partial charge in [-0.3, -0.25) is 4.79 Å². The third-order valence-corrected chi connectivity index (χ3v) is 3.50. The predicted octanol–water partition coefficient (Wildman–Crippen LogP) is 2.67. The molecule has 0 aliphatic carbocycles. The molecule has 1 aliphatic rings. The second-order valence-corrected chi connectivity index (χ2v) is 4.96. The Hall–Kier alpha value is -1.56. The molecule has 1 fully saturated rings.